The fourth-order valence-corrected chi connectivity index (χ4v) is 6.42. The molecule has 250 valence electrons. The molecule has 7 aromatic rings. The van der Waals surface area contributed by atoms with E-state index in [0.29, 0.717) is 27.6 Å². The highest BCUT2D eigenvalue weighted by molar-refractivity contribution is 7.11. The van der Waals surface area contributed by atoms with Gasteiger partial charge in [0.1, 0.15) is 0 Å². The van der Waals surface area contributed by atoms with Crippen molar-refractivity contribution < 1.29 is 4.92 Å². The molecule has 5 N–H and O–H groups in total. The molecule has 6 aromatic carbocycles. The Kier molecular flexibility index (Phi) is 9.08. The number of fused-ring (bicyclic) bond motifs is 3. The summed E-state index contributed by atoms with van der Waals surface area (Å²) in [4.78, 5) is 10.8. The molecule has 0 amide bonds. The van der Waals surface area contributed by atoms with Gasteiger partial charge in [0.2, 0.25) is 0 Å². The van der Waals surface area contributed by atoms with E-state index in [1.807, 2.05) is 49.4 Å². The first kappa shape index (κ1) is 32.3. The van der Waals surface area contributed by atoms with Crippen LogP contribution in [-0.4, -0.2) is 15.3 Å². The topological polar surface area (TPSA) is 141 Å². The summed E-state index contributed by atoms with van der Waals surface area (Å²) in [5.41, 5.74) is 20.7. The molecule has 1 aromatic heterocycles. The molecule has 7 rings (SSSR count). The molecular formula is C38H35N9O2S. The van der Waals surface area contributed by atoms with Gasteiger partial charge in [-0.1, -0.05) is 55.5 Å². The van der Waals surface area contributed by atoms with Gasteiger partial charge in [-0.15, -0.1) is 10.2 Å². The van der Waals surface area contributed by atoms with E-state index in [1.165, 1.54) is 17.5 Å². The second-order valence-electron chi connectivity index (χ2n) is 12.0. The van der Waals surface area contributed by atoms with Crippen LogP contribution in [0.15, 0.2) is 119 Å². The average molecular weight is 682 g/mol. The number of nitrogens with zero attached hydrogens (tertiary/aromatic N) is 4. The zero-order chi connectivity index (χ0) is 34.6. The Labute approximate surface area is 292 Å². The zero-order valence-electron chi connectivity index (χ0n) is 27.7. The van der Waals surface area contributed by atoms with Crippen molar-refractivity contribution in [3.05, 3.63) is 125 Å². The van der Waals surface area contributed by atoms with Gasteiger partial charge in [-0.3, -0.25) is 10.1 Å². The Morgan fingerprint density at radius 3 is 1.88 bits per heavy atom. The van der Waals surface area contributed by atoms with Gasteiger partial charge in [-0.2, -0.15) is 4.37 Å². The van der Waals surface area contributed by atoms with E-state index in [1.54, 1.807) is 6.07 Å². The minimum Gasteiger partial charge on any atom is -0.382 e. The van der Waals surface area contributed by atoms with Crippen molar-refractivity contribution in [2.45, 2.75) is 33.2 Å². The number of anilines is 5. The Bertz CT molecular complexity index is 2390. The Balaban J connectivity index is 1.05. The van der Waals surface area contributed by atoms with Gasteiger partial charge in [0.05, 0.1) is 38.9 Å². The van der Waals surface area contributed by atoms with Crippen LogP contribution in [0.5, 0.6) is 0 Å². The number of non-ortho nitro benzene ring substituents is 1. The first-order valence-corrected chi connectivity index (χ1v) is 17.1. The zero-order valence-corrected chi connectivity index (χ0v) is 28.5. The molecule has 0 aliphatic carbocycles. The fourth-order valence-electron chi connectivity index (χ4n) is 5.74. The van der Waals surface area contributed by atoms with Gasteiger partial charge in [-0.25, -0.2) is 0 Å². The molecule has 1 unspecified atom stereocenters. The monoisotopic (exact) mass is 681 g/mol. The Morgan fingerprint density at radius 2 is 1.30 bits per heavy atom. The van der Waals surface area contributed by atoms with Gasteiger partial charge in [0.25, 0.3) is 5.69 Å². The highest BCUT2D eigenvalue weighted by Crippen LogP contribution is 2.36. The summed E-state index contributed by atoms with van der Waals surface area (Å²) >= 11 is 1.16. The highest BCUT2D eigenvalue weighted by Gasteiger charge is 2.13. The van der Waals surface area contributed by atoms with Crippen molar-refractivity contribution in [3.63, 3.8) is 0 Å². The van der Waals surface area contributed by atoms with Gasteiger partial charge in [0.15, 0.2) is 5.00 Å². The molecular weight excluding hydrogens is 647 g/mol. The Morgan fingerprint density at radius 1 is 0.720 bits per heavy atom. The van der Waals surface area contributed by atoms with E-state index in [4.69, 9.17) is 0 Å². The third-order valence-corrected chi connectivity index (χ3v) is 9.40. The van der Waals surface area contributed by atoms with Gasteiger partial charge >= 0.3 is 0 Å². The molecule has 0 aliphatic heterocycles. The van der Waals surface area contributed by atoms with Crippen molar-refractivity contribution >= 4 is 88.8 Å². The molecule has 1 heterocycles. The maximum absolute atomic E-state index is 11.2. The lowest BCUT2D eigenvalue weighted by molar-refractivity contribution is -0.384. The maximum atomic E-state index is 11.2. The lowest BCUT2D eigenvalue weighted by Crippen LogP contribution is -2.14. The van der Waals surface area contributed by atoms with Crippen molar-refractivity contribution in [3.8, 4) is 0 Å². The van der Waals surface area contributed by atoms with E-state index >= 15 is 0 Å². The van der Waals surface area contributed by atoms with Crippen LogP contribution in [0.3, 0.4) is 0 Å². The minimum absolute atomic E-state index is 0.00614. The largest absolute Gasteiger partial charge is 0.382 e. The van der Waals surface area contributed by atoms with E-state index in [0.717, 1.165) is 68.1 Å². The summed E-state index contributed by atoms with van der Waals surface area (Å²) in [6, 6.07) is 35.7. The molecule has 0 radical (unpaired) electrons. The van der Waals surface area contributed by atoms with E-state index in [9.17, 15) is 10.1 Å². The Hall–Kier alpha value is -6.27. The fraction of sp³-hybridized carbons (Fsp3) is 0.132. The smallest absolute Gasteiger partial charge is 0.270 e. The maximum Gasteiger partial charge on any atom is 0.270 e. The first-order valence-electron chi connectivity index (χ1n) is 16.3. The number of hydrogen-bond acceptors (Lipinski definition) is 11. The summed E-state index contributed by atoms with van der Waals surface area (Å²) in [5.74, 6) is 0. The molecule has 50 heavy (non-hydrogen) atoms. The third kappa shape index (κ3) is 6.69. The highest BCUT2D eigenvalue weighted by atomic mass is 32.1. The number of azo groups is 1. The summed E-state index contributed by atoms with van der Waals surface area (Å²) < 4.78 is 4.33. The number of hydrazine groups is 2. The molecule has 0 spiro atoms. The number of nitro groups is 1. The molecule has 1 atom stereocenters. The predicted octanol–water partition coefficient (Wildman–Crippen LogP) is 11.3. The van der Waals surface area contributed by atoms with Crippen LogP contribution in [0.1, 0.15) is 25.8 Å². The van der Waals surface area contributed by atoms with Crippen LogP contribution >= 0.6 is 11.5 Å². The SMILES string of the molecule is CCC(C)Nc1ccc(NNc2ccc(NNc3ccc(N=Nc4snc5ccc([N+](=O)[O-])cc45)c(C)c3)c3ccccc23)c2ccccc12. The lowest BCUT2D eigenvalue weighted by Gasteiger charge is -2.19. The quantitative estimate of drug-likeness (QED) is 0.0487. The predicted molar refractivity (Wildman–Crippen MR) is 207 cm³/mol. The first-order chi connectivity index (χ1) is 24.4. The molecule has 0 saturated heterocycles. The third-order valence-electron chi connectivity index (χ3n) is 8.63. The summed E-state index contributed by atoms with van der Waals surface area (Å²) in [7, 11) is 0. The van der Waals surface area contributed by atoms with Crippen LogP contribution in [0.2, 0.25) is 0 Å². The van der Waals surface area contributed by atoms with Crippen LogP contribution in [0.4, 0.5) is 44.8 Å². The van der Waals surface area contributed by atoms with Crippen molar-refractivity contribution in [2.24, 2.45) is 10.2 Å². The van der Waals surface area contributed by atoms with Crippen LogP contribution in [0, 0.1) is 17.0 Å². The number of nitro benzene ring substituents is 1. The van der Waals surface area contributed by atoms with Crippen LogP contribution < -0.4 is 27.0 Å². The molecule has 11 nitrogen and oxygen atoms in total. The lowest BCUT2D eigenvalue weighted by atomic mass is 10.1. The minimum atomic E-state index is -0.428. The number of hydrogen-bond donors (Lipinski definition) is 5. The van der Waals surface area contributed by atoms with Crippen molar-refractivity contribution in [1.29, 1.82) is 0 Å². The number of benzene rings is 6. The van der Waals surface area contributed by atoms with Gasteiger partial charge < -0.3 is 27.0 Å². The molecule has 0 aliphatic rings. The van der Waals surface area contributed by atoms with Crippen molar-refractivity contribution in [1.82, 2.24) is 4.37 Å². The van der Waals surface area contributed by atoms with Gasteiger partial charge in [-0.05, 0) is 85.9 Å². The summed E-state index contributed by atoms with van der Waals surface area (Å²) in [6.45, 7) is 6.33. The molecule has 12 heteroatoms. The van der Waals surface area contributed by atoms with E-state index in [-0.39, 0.29) is 5.69 Å². The molecule has 0 saturated carbocycles. The normalized spacial score (nSPS) is 12.0. The summed E-state index contributed by atoms with van der Waals surface area (Å²) in [5, 5.41) is 29.2. The molecule has 0 fully saturated rings. The number of aryl methyl sites for hydroxylation is 1. The number of rotatable bonds is 12. The second-order valence-corrected chi connectivity index (χ2v) is 12.8. The standard InChI is InChI=1S/C38H35N9O2S/c1-4-24(3)39-33-17-18-35(28-10-6-5-9-27(28)33)43-44-36-20-19-34(29-11-7-8-12-30(29)36)42-40-25-13-15-32(23(2)21-25)41-45-38-31-22-26(47(48)49)14-16-37(31)46-50-38/h5-22,24,39-40,42-44H,4H2,1-3H3. The average Bonchev–Trinajstić information content (AvgIpc) is 3.55. The van der Waals surface area contributed by atoms with E-state index < -0.39 is 4.92 Å². The number of nitrogens with one attached hydrogen (secondary N) is 5. The van der Waals surface area contributed by atoms with E-state index in [2.05, 4.69) is 104 Å². The summed E-state index contributed by atoms with van der Waals surface area (Å²) in [6.07, 6.45) is 1.05. The van der Waals surface area contributed by atoms with Gasteiger partial charge in [0, 0.05) is 50.8 Å². The second kappa shape index (κ2) is 14.1. The van der Waals surface area contributed by atoms with Crippen molar-refractivity contribution in [2.75, 3.05) is 27.0 Å². The number of aromatic nitrogens is 1. The molecule has 0 bridgehead atoms. The van der Waals surface area contributed by atoms with Crippen LogP contribution in [-0.2, 0) is 0 Å². The van der Waals surface area contributed by atoms with Crippen LogP contribution in [0.25, 0.3) is 32.4 Å².